The molecular formula is C17H27NO4S. The molecule has 1 N–H and O–H groups in total. The fourth-order valence-electron chi connectivity index (χ4n) is 3.18. The third kappa shape index (κ3) is 3.63. The summed E-state index contributed by atoms with van der Waals surface area (Å²) in [4.78, 5) is 0.356. The van der Waals surface area contributed by atoms with E-state index >= 15 is 0 Å². The van der Waals surface area contributed by atoms with Crippen molar-refractivity contribution in [2.75, 3.05) is 20.0 Å². The largest absolute Gasteiger partial charge is 0.493 e. The topological polar surface area (TPSA) is 64.6 Å². The van der Waals surface area contributed by atoms with Crippen molar-refractivity contribution in [1.82, 2.24) is 5.32 Å². The van der Waals surface area contributed by atoms with Gasteiger partial charge in [-0.3, -0.25) is 0 Å². The van der Waals surface area contributed by atoms with Crippen molar-refractivity contribution in [2.24, 2.45) is 0 Å². The minimum absolute atomic E-state index is 0.124. The monoisotopic (exact) mass is 341 g/mol. The molecule has 130 valence electrons. The zero-order chi connectivity index (χ0) is 17.1. The second-order valence-electron chi connectivity index (χ2n) is 6.16. The number of hydrogen-bond donors (Lipinski definition) is 1. The smallest absolute Gasteiger partial charge is 0.180 e. The van der Waals surface area contributed by atoms with Gasteiger partial charge in [0.25, 0.3) is 0 Å². The van der Waals surface area contributed by atoms with Crippen molar-refractivity contribution < 1.29 is 17.9 Å². The molecule has 0 saturated heterocycles. The number of methoxy groups -OCH3 is 2. The Balaban J connectivity index is 2.49. The third-order valence-electron chi connectivity index (χ3n) is 4.71. The summed E-state index contributed by atoms with van der Waals surface area (Å²) in [7, 11) is -0.311. The predicted octanol–water partition coefficient (Wildman–Crippen LogP) is 2.92. The number of sulfone groups is 1. The molecule has 0 amide bonds. The molecule has 23 heavy (non-hydrogen) atoms. The van der Waals surface area contributed by atoms with Crippen LogP contribution in [0, 0.1) is 0 Å². The molecule has 2 rings (SSSR count). The highest BCUT2D eigenvalue weighted by atomic mass is 32.2. The first-order valence-electron chi connectivity index (χ1n) is 8.14. The van der Waals surface area contributed by atoms with Crippen LogP contribution < -0.4 is 14.8 Å². The molecule has 0 spiro atoms. The van der Waals surface area contributed by atoms with Crippen LogP contribution in [-0.2, 0) is 16.4 Å². The number of benzene rings is 1. The predicted molar refractivity (Wildman–Crippen MR) is 91.0 cm³/mol. The summed E-state index contributed by atoms with van der Waals surface area (Å²) in [5.74, 6) is 1.13. The molecule has 5 nitrogen and oxygen atoms in total. The molecular weight excluding hydrogens is 314 g/mol. The minimum atomic E-state index is -3.38. The van der Waals surface area contributed by atoms with Gasteiger partial charge in [-0.15, -0.1) is 0 Å². The maximum absolute atomic E-state index is 13.0. The molecule has 1 aromatic rings. The van der Waals surface area contributed by atoms with Crippen LogP contribution in [0.5, 0.6) is 11.5 Å². The van der Waals surface area contributed by atoms with E-state index < -0.39 is 9.84 Å². The Bertz CT molecular complexity index is 657. The number of rotatable bonds is 6. The maximum Gasteiger partial charge on any atom is 0.180 e. The van der Waals surface area contributed by atoms with Crippen LogP contribution in [0.15, 0.2) is 17.0 Å². The SMILES string of the molecule is CCCC[C@]1(CC)CS(=O)(=O)c2cc(OC)c(OC)cc2CN1. The fraction of sp³-hybridized carbons (Fsp3) is 0.647. The van der Waals surface area contributed by atoms with Crippen LogP contribution in [0.2, 0.25) is 0 Å². The van der Waals surface area contributed by atoms with Crippen LogP contribution in [0.4, 0.5) is 0 Å². The molecule has 6 heteroatoms. The number of fused-ring (bicyclic) bond motifs is 1. The van der Waals surface area contributed by atoms with Gasteiger partial charge in [-0.2, -0.15) is 0 Å². The molecule has 1 heterocycles. The maximum atomic E-state index is 13.0. The Kier molecular flexibility index (Phi) is 5.57. The van der Waals surface area contributed by atoms with Crippen LogP contribution >= 0.6 is 0 Å². The first-order valence-corrected chi connectivity index (χ1v) is 9.79. The van der Waals surface area contributed by atoms with Gasteiger partial charge in [0, 0.05) is 18.2 Å². The molecule has 0 bridgehead atoms. The van der Waals surface area contributed by atoms with Gasteiger partial charge in [0.15, 0.2) is 21.3 Å². The molecule has 0 aromatic heterocycles. The second kappa shape index (κ2) is 7.09. The van der Waals surface area contributed by atoms with Gasteiger partial charge < -0.3 is 14.8 Å². The van der Waals surface area contributed by atoms with Crippen molar-refractivity contribution in [3.05, 3.63) is 17.7 Å². The quantitative estimate of drug-likeness (QED) is 0.862. The van der Waals surface area contributed by atoms with E-state index in [1.54, 1.807) is 19.2 Å². The lowest BCUT2D eigenvalue weighted by Crippen LogP contribution is -2.48. The average molecular weight is 341 g/mol. The van der Waals surface area contributed by atoms with E-state index in [-0.39, 0.29) is 11.3 Å². The highest BCUT2D eigenvalue weighted by molar-refractivity contribution is 7.91. The van der Waals surface area contributed by atoms with E-state index in [0.717, 1.165) is 31.2 Å². The number of nitrogens with one attached hydrogen (secondary N) is 1. The molecule has 1 aromatic carbocycles. The van der Waals surface area contributed by atoms with E-state index in [2.05, 4.69) is 19.2 Å². The zero-order valence-electron chi connectivity index (χ0n) is 14.4. The Morgan fingerprint density at radius 2 is 1.83 bits per heavy atom. The van der Waals surface area contributed by atoms with Gasteiger partial charge in [-0.25, -0.2) is 8.42 Å². The second-order valence-corrected chi connectivity index (χ2v) is 8.12. The highest BCUT2D eigenvalue weighted by Crippen LogP contribution is 2.37. The van der Waals surface area contributed by atoms with Gasteiger partial charge in [0.2, 0.25) is 0 Å². The lowest BCUT2D eigenvalue weighted by Gasteiger charge is -2.32. The summed E-state index contributed by atoms with van der Waals surface area (Å²) in [6.45, 7) is 4.70. The van der Waals surface area contributed by atoms with Crippen molar-refractivity contribution in [2.45, 2.75) is 56.5 Å². The molecule has 1 aliphatic rings. The van der Waals surface area contributed by atoms with E-state index in [0.29, 0.717) is 22.9 Å². The van der Waals surface area contributed by atoms with Gasteiger partial charge in [0.1, 0.15) is 0 Å². The van der Waals surface area contributed by atoms with Crippen molar-refractivity contribution >= 4 is 9.84 Å². The third-order valence-corrected chi connectivity index (χ3v) is 6.69. The molecule has 1 atom stereocenters. The van der Waals surface area contributed by atoms with Crippen LogP contribution in [0.3, 0.4) is 0 Å². The van der Waals surface area contributed by atoms with Gasteiger partial charge >= 0.3 is 0 Å². The molecule has 0 radical (unpaired) electrons. The lowest BCUT2D eigenvalue weighted by atomic mass is 9.91. The first-order chi connectivity index (χ1) is 10.9. The van der Waals surface area contributed by atoms with Crippen molar-refractivity contribution in [1.29, 1.82) is 0 Å². The Morgan fingerprint density at radius 3 is 2.39 bits per heavy atom. The van der Waals surface area contributed by atoms with E-state index in [1.165, 1.54) is 7.11 Å². The van der Waals surface area contributed by atoms with Crippen LogP contribution in [-0.4, -0.2) is 33.9 Å². The Labute approximate surface area is 139 Å². The molecule has 1 aliphatic heterocycles. The normalized spacial score (nSPS) is 23.0. The van der Waals surface area contributed by atoms with Crippen molar-refractivity contribution in [3.63, 3.8) is 0 Å². The Morgan fingerprint density at radius 1 is 1.17 bits per heavy atom. The summed E-state index contributed by atoms with van der Waals surface area (Å²) in [5, 5.41) is 3.50. The molecule has 0 saturated carbocycles. The standard InChI is InChI=1S/C17H27NO4S/c1-5-7-8-17(6-2)12-23(19,20)16-10-15(22-4)14(21-3)9-13(16)11-18-17/h9-10,18H,5-8,11-12H2,1-4H3/t17-/m1/s1. The van der Waals surface area contributed by atoms with Crippen molar-refractivity contribution in [3.8, 4) is 11.5 Å². The van der Waals surface area contributed by atoms with E-state index in [4.69, 9.17) is 9.47 Å². The fourth-order valence-corrected chi connectivity index (χ4v) is 5.34. The van der Waals surface area contributed by atoms with Crippen LogP contribution in [0.25, 0.3) is 0 Å². The summed E-state index contributed by atoms with van der Waals surface area (Å²) in [5.41, 5.74) is 0.378. The summed E-state index contributed by atoms with van der Waals surface area (Å²) >= 11 is 0. The number of ether oxygens (including phenoxy) is 2. The highest BCUT2D eigenvalue weighted by Gasteiger charge is 2.38. The summed E-state index contributed by atoms with van der Waals surface area (Å²) < 4.78 is 36.5. The molecule has 0 fully saturated rings. The summed E-state index contributed by atoms with van der Waals surface area (Å²) in [6.07, 6.45) is 3.72. The van der Waals surface area contributed by atoms with Crippen LogP contribution in [0.1, 0.15) is 45.1 Å². The summed E-state index contributed by atoms with van der Waals surface area (Å²) in [6, 6.07) is 3.36. The Hall–Kier alpha value is -1.27. The number of hydrogen-bond acceptors (Lipinski definition) is 5. The average Bonchev–Trinajstić information content (AvgIpc) is 2.66. The van der Waals surface area contributed by atoms with Gasteiger partial charge in [0.05, 0.1) is 24.9 Å². The molecule has 0 unspecified atom stereocenters. The van der Waals surface area contributed by atoms with Gasteiger partial charge in [-0.05, 0) is 24.5 Å². The number of unbranched alkanes of at least 4 members (excludes halogenated alkanes) is 1. The van der Waals surface area contributed by atoms with Gasteiger partial charge in [-0.1, -0.05) is 26.7 Å². The zero-order valence-corrected chi connectivity index (χ0v) is 15.3. The van der Waals surface area contributed by atoms with E-state index in [1.807, 2.05) is 0 Å². The molecule has 0 aliphatic carbocycles. The van der Waals surface area contributed by atoms with E-state index in [9.17, 15) is 8.42 Å². The lowest BCUT2D eigenvalue weighted by molar-refractivity contribution is 0.313. The first kappa shape index (κ1) is 18.1. The minimum Gasteiger partial charge on any atom is -0.493 e.